The Morgan fingerprint density at radius 1 is 1.38 bits per heavy atom. The first-order valence-corrected chi connectivity index (χ1v) is 4.14. The van der Waals surface area contributed by atoms with E-state index >= 15 is 0 Å². The molecule has 2 N–H and O–H groups in total. The van der Waals surface area contributed by atoms with Crippen LogP contribution in [0.2, 0.25) is 5.02 Å². The van der Waals surface area contributed by atoms with Gasteiger partial charge in [0.25, 0.3) is 0 Å². The summed E-state index contributed by atoms with van der Waals surface area (Å²) in [6.07, 6.45) is 0. The maximum Gasteiger partial charge on any atom is 0.231 e. The average Bonchev–Trinajstić information content (AvgIpc) is 2.59. The molecular formula is C8H8ClNO3. The smallest absolute Gasteiger partial charge is 0.231 e. The van der Waals surface area contributed by atoms with Gasteiger partial charge < -0.3 is 14.7 Å². The van der Waals surface area contributed by atoms with Gasteiger partial charge in [-0.25, -0.2) is 5.48 Å². The minimum absolute atomic E-state index is 0.178. The molecule has 1 aliphatic heterocycles. The second kappa shape index (κ2) is 3.41. The van der Waals surface area contributed by atoms with Gasteiger partial charge in [0.15, 0.2) is 11.5 Å². The first-order chi connectivity index (χ1) is 6.33. The Hall–Kier alpha value is -0.970. The number of halogens is 1. The molecule has 13 heavy (non-hydrogen) atoms. The molecule has 70 valence electrons. The van der Waals surface area contributed by atoms with E-state index < -0.39 is 0 Å². The van der Waals surface area contributed by atoms with Crippen LogP contribution in [0.1, 0.15) is 5.56 Å². The van der Waals surface area contributed by atoms with Crippen LogP contribution < -0.4 is 15.0 Å². The highest BCUT2D eigenvalue weighted by Gasteiger charge is 2.20. The van der Waals surface area contributed by atoms with Crippen LogP contribution >= 0.6 is 11.6 Å². The second-order valence-electron chi connectivity index (χ2n) is 2.61. The number of ether oxygens (including phenoxy) is 2. The van der Waals surface area contributed by atoms with Crippen molar-refractivity contribution in [2.75, 3.05) is 6.79 Å². The normalized spacial score (nSPS) is 13.4. The molecule has 0 fully saturated rings. The number of benzene rings is 1. The fraction of sp³-hybridized carbons (Fsp3) is 0.250. The van der Waals surface area contributed by atoms with E-state index in [-0.39, 0.29) is 6.79 Å². The Balaban J connectivity index is 2.43. The van der Waals surface area contributed by atoms with Crippen molar-refractivity contribution in [1.29, 1.82) is 0 Å². The Bertz CT molecular complexity index is 329. The largest absolute Gasteiger partial charge is 0.453 e. The Morgan fingerprint density at radius 3 is 2.92 bits per heavy atom. The summed E-state index contributed by atoms with van der Waals surface area (Å²) in [6, 6.07) is 3.49. The van der Waals surface area contributed by atoms with Gasteiger partial charge in [-0.3, -0.25) is 0 Å². The molecule has 0 amide bonds. The Morgan fingerprint density at radius 2 is 2.15 bits per heavy atom. The number of fused-ring (bicyclic) bond motifs is 1. The molecule has 0 aliphatic carbocycles. The summed E-state index contributed by atoms with van der Waals surface area (Å²) in [5.41, 5.74) is 2.87. The van der Waals surface area contributed by atoms with Gasteiger partial charge in [-0.05, 0) is 6.07 Å². The fourth-order valence-corrected chi connectivity index (χ4v) is 1.45. The third-order valence-corrected chi connectivity index (χ3v) is 2.12. The fourth-order valence-electron chi connectivity index (χ4n) is 1.24. The highest BCUT2D eigenvalue weighted by molar-refractivity contribution is 6.32. The monoisotopic (exact) mass is 201 g/mol. The third-order valence-electron chi connectivity index (χ3n) is 1.82. The van der Waals surface area contributed by atoms with Gasteiger partial charge >= 0.3 is 0 Å². The summed E-state index contributed by atoms with van der Waals surface area (Å²) in [5, 5.41) is 9.06. The van der Waals surface area contributed by atoms with Crippen LogP contribution in [0.15, 0.2) is 12.1 Å². The topological polar surface area (TPSA) is 50.7 Å². The molecule has 0 unspecified atom stereocenters. The highest BCUT2D eigenvalue weighted by Crippen LogP contribution is 2.41. The van der Waals surface area contributed by atoms with Crippen molar-refractivity contribution in [3.8, 4) is 11.5 Å². The quantitative estimate of drug-likeness (QED) is 0.713. The van der Waals surface area contributed by atoms with E-state index in [0.717, 1.165) is 5.56 Å². The molecule has 0 atom stereocenters. The Kier molecular flexibility index (Phi) is 2.26. The summed E-state index contributed by atoms with van der Waals surface area (Å²) >= 11 is 5.85. The van der Waals surface area contributed by atoms with Crippen LogP contribution in [0.3, 0.4) is 0 Å². The van der Waals surface area contributed by atoms with Crippen molar-refractivity contribution >= 4 is 11.6 Å². The molecule has 0 saturated carbocycles. The van der Waals surface area contributed by atoms with Gasteiger partial charge in [0.05, 0.1) is 5.02 Å². The number of nitrogens with one attached hydrogen (secondary N) is 1. The number of hydroxylamine groups is 1. The SMILES string of the molecule is ONCc1ccc(Cl)c2c1OCO2. The summed E-state index contributed by atoms with van der Waals surface area (Å²) in [5.74, 6) is 1.16. The standard InChI is InChI=1S/C8H8ClNO3/c9-6-2-1-5(3-10-11)7-8(6)13-4-12-7/h1-2,10-11H,3-4H2. The molecule has 5 heteroatoms. The van der Waals surface area contributed by atoms with Crippen LogP contribution in [-0.2, 0) is 6.54 Å². The Labute approximate surface area is 80.0 Å². The zero-order chi connectivity index (χ0) is 9.26. The van der Waals surface area contributed by atoms with Gasteiger partial charge in [-0.2, -0.15) is 0 Å². The van der Waals surface area contributed by atoms with Crippen molar-refractivity contribution in [2.45, 2.75) is 6.54 Å². The van der Waals surface area contributed by atoms with Gasteiger partial charge in [-0.15, -0.1) is 0 Å². The molecular weight excluding hydrogens is 194 g/mol. The van der Waals surface area contributed by atoms with Gasteiger partial charge in [0.2, 0.25) is 6.79 Å². The zero-order valence-corrected chi connectivity index (χ0v) is 7.47. The van der Waals surface area contributed by atoms with Gasteiger partial charge in [0.1, 0.15) is 0 Å². The van der Waals surface area contributed by atoms with E-state index in [1.54, 1.807) is 12.1 Å². The summed E-state index contributed by atoms with van der Waals surface area (Å²) < 4.78 is 10.4. The minimum Gasteiger partial charge on any atom is -0.453 e. The van der Waals surface area contributed by atoms with Crippen LogP contribution in [0, 0.1) is 0 Å². The van der Waals surface area contributed by atoms with E-state index in [1.165, 1.54) is 0 Å². The van der Waals surface area contributed by atoms with E-state index in [1.807, 2.05) is 0 Å². The maximum atomic E-state index is 8.54. The third kappa shape index (κ3) is 1.44. The number of hydrogen-bond acceptors (Lipinski definition) is 4. The van der Waals surface area contributed by atoms with E-state index in [2.05, 4.69) is 5.48 Å². The van der Waals surface area contributed by atoms with Crippen LogP contribution in [-0.4, -0.2) is 12.0 Å². The van der Waals surface area contributed by atoms with Gasteiger partial charge in [0, 0.05) is 12.1 Å². The minimum atomic E-state index is 0.178. The summed E-state index contributed by atoms with van der Waals surface area (Å²) in [6.45, 7) is 0.486. The van der Waals surface area contributed by atoms with E-state index in [4.69, 9.17) is 26.3 Å². The van der Waals surface area contributed by atoms with E-state index in [9.17, 15) is 0 Å². The van der Waals surface area contributed by atoms with Crippen molar-refractivity contribution in [3.63, 3.8) is 0 Å². The molecule has 1 heterocycles. The van der Waals surface area contributed by atoms with Crippen molar-refractivity contribution in [2.24, 2.45) is 0 Å². The molecule has 2 rings (SSSR count). The van der Waals surface area contributed by atoms with Crippen molar-refractivity contribution in [3.05, 3.63) is 22.7 Å². The lowest BCUT2D eigenvalue weighted by Gasteiger charge is -2.04. The second-order valence-corrected chi connectivity index (χ2v) is 3.01. The van der Waals surface area contributed by atoms with Crippen LogP contribution in [0.5, 0.6) is 11.5 Å². The van der Waals surface area contributed by atoms with Gasteiger partial charge in [-0.1, -0.05) is 17.7 Å². The zero-order valence-electron chi connectivity index (χ0n) is 6.71. The molecule has 1 aliphatic rings. The lowest BCUT2D eigenvalue weighted by molar-refractivity contribution is 0.155. The molecule has 1 aromatic carbocycles. The molecule has 0 aromatic heterocycles. The first kappa shape index (κ1) is 8.62. The lowest BCUT2D eigenvalue weighted by Crippen LogP contribution is -2.06. The molecule has 4 nitrogen and oxygen atoms in total. The first-order valence-electron chi connectivity index (χ1n) is 3.77. The maximum absolute atomic E-state index is 8.54. The van der Waals surface area contributed by atoms with Crippen LogP contribution in [0.4, 0.5) is 0 Å². The summed E-state index contributed by atoms with van der Waals surface area (Å²) in [7, 11) is 0. The predicted octanol–water partition coefficient (Wildman–Crippen LogP) is 1.55. The van der Waals surface area contributed by atoms with Crippen LogP contribution in [0.25, 0.3) is 0 Å². The van der Waals surface area contributed by atoms with E-state index in [0.29, 0.717) is 23.1 Å². The molecule has 1 aromatic rings. The predicted molar refractivity (Wildman–Crippen MR) is 46.2 cm³/mol. The average molecular weight is 202 g/mol. The highest BCUT2D eigenvalue weighted by atomic mass is 35.5. The van der Waals surface area contributed by atoms with Crippen molar-refractivity contribution in [1.82, 2.24) is 5.48 Å². The molecule has 0 radical (unpaired) electrons. The summed E-state index contributed by atoms with van der Waals surface area (Å²) in [4.78, 5) is 0. The van der Waals surface area contributed by atoms with Crippen molar-refractivity contribution < 1.29 is 14.7 Å². The molecule has 0 spiro atoms. The number of hydrogen-bond donors (Lipinski definition) is 2. The number of rotatable bonds is 2. The lowest BCUT2D eigenvalue weighted by atomic mass is 10.2. The molecule has 0 bridgehead atoms. The molecule has 0 saturated heterocycles.